The van der Waals surface area contributed by atoms with Gasteiger partial charge in [-0.3, -0.25) is 4.72 Å². The quantitative estimate of drug-likeness (QED) is 0.642. The Morgan fingerprint density at radius 1 is 1.21 bits per heavy atom. The summed E-state index contributed by atoms with van der Waals surface area (Å²) < 4.78 is 28.0. The molecule has 0 heterocycles. The van der Waals surface area contributed by atoms with Gasteiger partial charge in [0.15, 0.2) is 0 Å². The number of hydrogen-bond acceptors (Lipinski definition) is 3. The third-order valence-electron chi connectivity index (χ3n) is 2.46. The van der Waals surface area contributed by atoms with Crippen molar-refractivity contribution >= 4 is 47.6 Å². The molecule has 4 nitrogen and oxygen atoms in total. The molecule has 0 amide bonds. The molecular formula is C12H18Br2N2O2S. The van der Waals surface area contributed by atoms with Crippen molar-refractivity contribution in [1.29, 1.82) is 0 Å². The first-order chi connectivity index (χ1) is 8.94. The first-order valence-electron chi connectivity index (χ1n) is 6.11. The Balaban J connectivity index is 2.52. The van der Waals surface area contributed by atoms with E-state index >= 15 is 0 Å². The van der Waals surface area contributed by atoms with Crippen molar-refractivity contribution in [2.45, 2.75) is 19.8 Å². The summed E-state index contributed by atoms with van der Waals surface area (Å²) in [6, 6.07) is 5.38. The minimum atomic E-state index is -3.29. The van der Waals surface area contributed by atoms with E-state index in [2.05, 4.69) is 41.9 Å². The Hall–Kier alpha value is -0.110. The lowest BCUT2D eigenvalue weighted by Gasteiger charge is -2.10. The molecule has 0 unspecified atom stereocenters. The van der Waals surface area contributed by atoms with Gasteiger partial charge >= 0.3 is 0 Å². The van der Waals surface area contributed by atoms with Crippen molar-refractivity contribution in [3.05, 3.63) is 27.1 Å². The van der Waals surface area contributed by atoms with Gasteiger partial charge in [0.05, 0.1) is 11.4 Å². The minimum absolute atomic E-state index is 0.136. The molecule has 0 radical (unpaired) electrons. The van der Waals surface area contributed by atoms with Crippen LogP contribution in [0.3, 0.4) is 0 Å². The summed E-state index contributed by atoms with van der Waals surface area (Å²) in [5.74, 6) is 0.136. The van der Waals surface area contributed by atoms with Crippen molar-refractivity contribution in [3.63, 3.8) is 0 Å². The summed E-state index contributed by atoms with van der Waals surface area (Å²) in [6.45, 7) is 3.80. The lowest BCUT2D eigenvalue weighted by molar-refractivity contribution is 0.593. The number of sulfonamides is 1. The van der Waals surface area contributed by atoms with Crippen LogP contribution in [0, 0.1) is 0 Å². The standard InChI is InChI=1S/C12H18Br2N2O2S/c1-2-15-7-3-4-8-19(17,18)16-12-9-10(13)5-6-11(12)14/h5-6,9,15-16H,2-4,7-8H2,1H3. The van der Waals surface area contributed by atoms with E-state index in [0.29, 0.717) is 12.1 Å². The van der Waals surface area contributed by atoms with Crippen molar-refractivity contribution < 1.29 is 8.42 Å². The molecule has 0 aliphatic heterocycles. The fourth-order valence-electron chi connectivity index (χ4n) is 1.51. The van der Waals surface area contributed by atoms with Gasteiger partial charge in [0, 0.05) is 8.95 Å². The summed E-state index contributed by atoms with van der Waals surface area (Å²) in [6.07, 6.45) is 1.50. The highest BCUT2D eigenvalue weighted by atomic mass is 79.9. The predicted octanol–water partition coefficient (Wildman–Crippen LogP) is 3.34. The fraction of sp³-hybridized carbons (Fsp3) is 0.500. The van der Waals surface area contributed by atoms with Crippen LogP contribution in [-0.4, -0.2) is 27.3 Å². The van der Waals surface area contributed by atoms with Crippen LogP contribution in [0.15, 0.2) is 27.1 Å². The maximum Gasteiger partial charge on any atom is 0.232 e. The van der Waals surface area contributed by atoms with E-state index in [1.807, 2.05) is 13.0 Å². The molecule has 7 heteroatoms. The molecule has 0 spiro atoms. The van der Waals surface area contributed by atoms with Gasteiger partial charge in [0.25, 0.3) is 0 Å². The largest absolute Gasteiger partial charge is 0.317 e. The van der Waals surface area contributed by atoms with Crippen molar-refractivity contribution in [3.8, 4) is 0 Å². The molecule has 0 saturated carbocycles. The Bertz CT molecular complexity index is 506. The van der Waals surface area contributed by atoms with Crippen molar-refractivity contribution in [2.24, 2.45) is 0 Å². The van der Waals surface area contributed by atoms with Crippen LogP contribution >= 0.6 is 31.9 Å². The van der Waals surface area contributed by atoms with Crippen LogP contribution in [0.5, 0.6) is 0 Å². The van der Waals surface area contributed by atoms with E-state index in [9.17, 15) is 8.42 Å². The molecule has 2 N–H and O–H groups in total. The molecule has 0 saturated heterocycles. The molecule has 0 bridgehead atoms. The van der Waals surface area contributed by atoms with Gasteiger partial charge in [-0.25, -0.2) is 8.42 Å². The van der Waals surface area contributed by atoms with Crippen LogP contribution in [0.1, 0.15) is 19.8 Å². The zero-order chi connectivity index (χ0) is 14.3. The average molecular weight is 414 g/mol. The third kappa shape index (κ3) is 6.74. The second-order valence-electron chi connectivity index (χ2n) is 4.11. The summed E-state index contributed by atoms with van der Waals surface area (Å²) >= 11 is 6.65. The lowest BCUT2D eigenvalue weighted by atomic mass is 10.3. The minimum Gasteiger partial charge on any atom is -0.317 e. The number of anilines is 1. The van der Waals surface area contributed by atoms with Gasteiger partial charge in [-0.15, -0.1) is 0 Å². The van der Waals surface area contributed by atoms with Crippen LogP contribution < -0.4 is 10.0 Å². The van der Waals surface area contributed by atoms with E-state index in [0.717, 1.165) is 28.5 Å². The normalized spacial score (nSPS) is 11.5. The maximum absolute atomic E-state index is 11.9. The second kappa shape index (κ2) is 8.24. The lowest BCUT2D eigenvalue weighted by Crippen LogP contribution is -2.19. The van der Waals surface area contributed by atoms with E-state index in [1.165, 1.54) is 0 Å². The van der Waals surface area contributed by atoms with Gasteiger partial charge < -0.3 is 5.32 Å². The Morgan fingerprint density at radius 2 is 1.95 bits per heavy atom. The Kier molecular flexibility index (Phi) is 7.35. The van der Waals surface area contributed by atoms with Gasteiger partial charge in [-0.05, 0) is 60.1 Å². The van der Waals surface area contributed by atoms with Gasteiger partial charge in [0.1, 0.15) is 0 Å². The number of hydrogen-bond donors (Lipinski definition) is 2. The average Bonchev–Trinajstić information content (AvgIpc) is 2.33. The predicted molar refractivity (Wildman–Crippen MR) is 87.0 cm³/mol. The molecule has 0 aliphatic rings. The van der Waals surface area contributed by atoms with Crippen LogP contribution in [-0.2, 0) is 10.0 Å². The van der Waals surface area contributed by atoms with E-state index in [4.69, 9.17) is 0 Å². The number of unbranched alkanes of at least 4 members (excludes halogenated alkanes) is 1. The highest BCUT2D eigenvalue weighted by Crippen LogP contribution is 2.27. The highest BCUT2D eigenvalue weighted by molar-refractivity contribution is 9.11. The molecule has 108 valence electrons. The molecule has 0 aliphatic carbocycles. The molecule has 19 heavy (non-hydrogen) atoms. The molecular weight excluding hydrogens is 396 g/mol. The molecule has 1 aromatic rings. The first kappa shape index (κ1) is 16.9. The summed E-state index contributed by atoms with van der Waals surface area (Å²) in [4.78, 5) is 0. The maximum atomic E-state index is 11.9. The highest BCUT2D eigenvalue weighted by Gasteiger charge is 2.12. The zero-order valence-electron chi connectivity index (χ0n) is 10.7. The summed E-state index contributed by atoms with van der Waals surface area (Å²) in [7, 11) is -3.29. The molecule has 0 fully saturated rings. The van der Waals surface area contributed by atoms with Crippen molar-refractivity contribution in [1.82, 2.24) is 5.32 Å². The zero-order valence-corrected chi connectivity index (χ0v) is 14.7. The Labute approximate surface area is 131 Å². The summed E-state index contributed by atoms with van der Waals surface area (Å²) in [5.41, 5.74) is 0.557. The topological polar surface area (TPSA) is 58.2 Å². The van der Waals surface area contributed by atoms with Crippen molar-refractivity contribution in [2.75, 3.05) is 23.6 Å². The summed E-state index contributed by atoms with van der Waals surface area (Å²) in [5, 5.41) is 3.17. The molecule has 0 atom stereocenters. The van der Waals surface area contributed by atoms with Crippen LogP contribution in [0.4, 0.5) is 5.69 Å². The third-order valence-corrected chi connectivity index (χ3v) is 5.00. The van der Waals surface area contributed by atoms with Gasteiger partial charge in [-0.2, -0.15) is 0 Å². The number of benzene rings is 1. The molecule has 0 aromatic heterocycles. The first-order valence-corrected chi connectivity index (χ1v) is 9.34. The fourth-order valence-corrected chi connectivity index (χ4v) is 3.54. The van der Waals surface area contributed by atoms with E-state index in [-0.39, 0.29) is 5.75 Å². The SMILES string of the molecule is CCNCCCCS(=O)(=O)Nc1cc(Br)ccc1Br. The number of halogens is 2. The number of rotatable bonds is 8. The van der Waals surface area contributed by atoms with Crippen LogP contribution in [0.25, 0.3) is 0 Å². The number of nitrogens with one attached hydrogen (secondary N) is 2. The Morgan fingerprint density at radius 3 is 2.63 bits per heavy atom. The second-order valence-corrected chi connectivity index (χ2v) is 7.72. The van der Waals surface area contributed by atoms with Crippen LogP contribution in [0.2, 0.25) is 0 Å². The smallest absolute Gasteiger partial charge is 0.232 e. The van der Waals surface area contributed by atoms with E-state index < -0.39 is 10.0 Å². The molecule has 1 aromatic carbocycles. The monoisotopic (exact) mass is 412 g/mol. The van der Waals surface area contributed by atoms with E-state index in [1.54, 1.807) is 12.1 Å². The van der Waals surface area contributed by atoms with Gasteiger partial charge in [0.2, 0.25) is 10.0 Å². The molecule has 1 rings (SSSR count). The van der Waals surface area contributed by atoms with Gasteiger partial charge in [-0.1, -0.05) is 22.9 Å².